The summed E-state index contributed by atoms with van der Waals surface area (Å²) in [5.41, 5.74) is 1.94. The van der Waals surface area contributed by atoms with E-state index in [1.807, 2.05) is 13.0 Å². The van der Waals surface area contributed by atoms with Crippen LogP contribution in [0.2, 0.25) is 0 Å². The number of fused-ring (bicyclic) bond motifs is 1. The molecular formula is C8H10BNO2. The fraction of sp³-hybridized carbons (Fsp3) is 0.375. The van der Waals surface area contributed by atoms with E-state index >= 15 is 0 Å². The average molecular weight is 163 g/mol. The first-order valence-corrected chi connectivity index (χ1v) is 4.03. The summed E-state index contributed by atoms with van der Waals surface area (Å²) in [7, 11) is -0.794. The summed E-state index contributed by atoms with van der Waals surface area (Å²) >= 11 is 0. The Morgan fingerprint density at radius 1 is 1.75 bits per heavy atom. The van der Waals surface area contributed by atoms with Crippen molar-refractivity contribution in [1.82, 2.24) is 4.98 Å². The fourth-order valence-electron chi connectivity index (χ4n) is 1.49. The predicted molar refractivity (Wildman–Crippen MR) is 46.1 cm³/mol. The number of hydrogen-bond acceptors (Lipinski definition) is 3. The van der Waals surface area contributed by atoms with Gasteiger partial charge in [0, 0.05) is 24.0 Å². The molecule has 0 spiro atoms. The minimum absolute atomic E-state index is 0.0925. The largest absolute Gasteiger partial charge is 0.493 e. The minimum Gasteiger partial charge on any atom is -0.423 e. The molecule has 0 radical (unpaired) electrons. The van der Waals surface area contributed by atoms with Crippen molar-refractivity contribution < 1.29 is 9.68 Å². The molecule has 1 aromatic heterocycles. The van der Waals surface area contributed by atoms with Gasteiger partial charge in [0.2, 0.25) is 0 Å². The third-order valence-electron chi connectivity index (χ3n) is 2.08. The molecule has 0 bridgehead atoms. The van der Waals surface area contributed by atoms with Crippen molar-refractivity contribution in [3.63, 3.8) is 0 Å². The van der Waals surface area contributed by atoms with Crippen molar-refractivity contribution in [3.05, 3.63) is 24.0 Å². The molecule has 3 nitrogen and oxygen atoms in total. The van der Waals surface area contributed by atoms with Crippen LogP contribution in [0.1, 0.15) is 12.5 Å². The Hall–Kier alpha value is -0.865. The minimum atomic E-state index is -0.794. The Morgan fingerprint density at radius 3 is 3.42 bits per heavy atom. The molecule has 1 aliphatic rings. The number of hydrogen-bond donors (Lipinski definition) is 1. The Kier molecular flexibility index (Phi) is 1.86. The lowest BCUT2D eigenvalue weighted by atomic mass is 9.73. The first-order chi connectivity index (χ1) is 5.77. The maximum atomic E-state index is 9.47. The highest BCUT2D eigenvalue weighted by molar-refractivity contribution is 6.60. The zero-order valence-corrected chi connectivity index (χ0v) is 6.90. The smallest absolute Gasteiger partial charge is 0.423 e. The standard InChI is InChI=1S/C8H10BNO2/c1-6-4-7-2-3-10-5-8(7)9(11)12-6/h2-3,5-6,11H,4H2,1H3. The zero-order chi connectivity index (χ0) is 8.55. The van der Waals surface area contributed by atoms with Gasteiger partial charge in [-0.05, 0) is 25.0 Å². The third-order valence-corrected chi connectivity index (χ3v) is 2.08. The molecule has 1 atom stereocenters. The molecule has 2 heterocycles. The second-order valence-electron chi connectivity index (χ2n) is 3.08. The summed E-state index contributed by atoms with van der Waals surface area (Å²) in [6.45, 7) is 1.95. The number of rotatable bonds is 0. The van der Waals surface area contributed by atoms with Gasteiger partial charge in [0.05, 0.1) is 0 Å². The van der Waals surface area contributed by atoms with Gasteiger partial charge in [-0.25, -0.2) is 0 Å². The van der Waals surface area contributed by atoms with Gasteiger partial charge in [0.25, 0.3) is 0 Å². The SMILES string of the molecule is CC1Cc2ccncc2B(O)O1. The lowest BCUT2D eigenvalue weighted by Crippen LogP contribution is -2.44. The van der Waals surface area contributed by atoms with Crippen LogP contribution in [0.3, 0.4) is 0 Å². The van der Waals surface area contributed by atoms with Gasteiger partial charge < -0.3 is 9.68 Å². The predicted octanol–water partition coefficient (Wildman–Crippen LogP) is -0.270. The van der Waals surface area contributed by atoms with E-state index in [0.29, 0.717) is 0 Å². The van der Waals surface area contributed by atoms with Gasteiger partial charge in [0.1, 0.15) is 0 Å². The molecule has 1 N–H and O–H groups in total. The number of pyridine rings is 1. The van der Waals surface area contributed by atoms with Gasteiger partial charge in [-0.1, -0.05) is 0 Å². The van der Waals surface area contributed by atoms with Crippen LogP contribution in [0.25, 0.3) is 0 Å². The maximum Gasteiger partial charge on any atom is 0.493 e. The summed E-state index contributed by atoms with van der Waals surface area (Å²) < 4.78 is 5.23. The summed E-state index contributed by atoms with van der Waals surface area (Å²) in [6, 6.07) is 1.93. The van der Waals surface area contributed by atoms with Crippen LogP contribution < -0.4 is 5.46 Å². The molecule has 12 heavy (non-hydrogen) atoms. The van der Waals surface area contributed by atoms with Crippen LogP contribution in [0.15, 0.2) is 18.5 Å². The zero-order valence-electron chi connectivity index (χ0n) is 6.90. The van der Waals surface area contributed by atoms with E-state index in [2.05, 4.69) is 4.98 Å². The van der Waals surface area contributed by atoms with Crippen molar-refractivity contribution in [3.8, 4) is 0 Å². The molecule has 0 saturated carbocycles. The molecule has 1 aliphatic heterocycles. The molecule has 0 fully saturated rings. The van der Waals surface area contributed by atoms with Crippen LogP contribution in [-0.4, -0.2) is 23.2 Å². The van der Waals surface area contributed by atoms with E-state index in [-0.39, 0.29) is 6.10 Å². The van der Waals surface area contributed by atoms with Gasteiger partial charge in [0.15, 0.2) is 0 Å². The van der Waals surface area contributed by atoms with Crippen molar-refractivity contribution >= 4 is 12.6 Å². The highest BCUT2D eigenvalue weighted by atomic mass is 16.5. The Morgan fingerprint density at radius 2 is 2.58 bits per heavy atom. The molecule has 1 unspecified atom stereocenters. The van der Waals surface area contributed by atoms with Crippen molar-refractivity contribution in [1.29, 1.82) is 0 Å². The second-order valence-corrected chi connectivity index (χ2v) is 3.08. The summed E-state index contributed by atoms with van der Waals surface area (Å²) in [5.74, 6) is 0. The summed E-state index contributed by atoms with van der Waals surface area (Å²) in [6.07, 6.45) is 4.35. The van der Waals surface area contributed by atoms with Crippen molar-refractivity contribution in [2.24, 2.45) is 0 Å². The van der Waals surface area contributed by atoms with Gasteiger partial charge in [-0.3, -0.25) is 4.98 Å². The molecule has 0 aromatic carbocycles. The quantitative estimate of drug-likeness (QED) is 0.535. The average Bonchev–Trinajstić information content (AvgIpc) is 2.04. The topological polar surface area (TPSA) is 42.4 Å². The van der Waals surface area contributed by atoms with Crippen LogP contribution in [0, 0.1) is 0 Å². The molecule has 2 rings (SSSR count). The molecule has 1 aromatic rings. The lowest BCUT2D eigenvalue weighted by molar-refractivity contribution is 0.183. The number of aromatic nitrogens is 1. The Labute approximate surface area is 71.5 Å². The molecule has 4 heteroatoms. The molecule has 0 saturated heterocycles. The second kappa shape index (κ2) is 2.88. The first-order valence-electron chi connectivity index (χ1n) is 4.03. The van der Waals surface area contributed by atoms with E-state index in [1.165, 1.54) is 0 Å². The molecular weight excluding hydrogens is 153 g/mol. The number of nitrogens with zero attached hydrogens (tertiary/aromatic N) is 1. The first kappa shape index (κ1) is 7.77. The summed E-state index contributed by atoms with van der Waals surface area (Å²) in [5, 5.41) is 9.47. The van der Waals surface area contributed by atoms with Crippen LogP contribution in [0.4, 0.5) is 0 Å². The van der Waals surface area contributed by atoms with Crippen LogP contribution in [0.5, 0.6) is 0 Å². The van der Waals surface area contributed by atoms with Crippen molar-refractivity contribution in [2.75, 3.05) is 0 Å². The normalized spacial score (nSPS) is 22.2. The van der Waals surface area contributed by atoms with E-state index < -0.39 is 7.12 Å². The van der Waals surface area contributed by atoms with Gasteiger partial charge >= 0.3 is 7.12 Å². The van der Waals surface area contributed by atoms with E-state index in [9.17, 15) is 5.02 Å². The van der Waals surface area contributed by atoms with Gasteiger partial charge in [-0.15, -0.1) is 0 Å². The van der Waals surface area contributed by atoms with E-state index in [4.69, 9.17) is 4.65 Å². The monoisotopic (exact) mass is 163 g/mol. The lowest BCUT2D eigenvalue weighted by Gasteiger charge is -2.23. The third kappa shape index (κ3) is 1.23. The van der Waals surface area contributed by atoms with Crippen molar-refractivity contribution in [2.45, 2.75) is 19.4 Å². The molecule has 0 aliphatic carbocycles. The van der Waals surface area contributed by atoms with E-state index in [1.54, 1.807) is 12.4 Å². The molecule has 62 valence electrons. The van der Waals surface area contributed by atoms with Gasteiger partial charge in [-0.2, -0.15) is 0 Å². The van der Waals surface area contributed by atoms with E-state index in [0.717, 1.165) is 17.4 Å². The molecule has 0 amide bonds. The van der Waals surface area contributed by atoms with Crippen LogP contribution in [-0.2, 0) is 11.1 Å². The highest BCUT2D eigenvalue weighted by Crippen LogP contribution is 2.10. The Bertz CT molecular complexity index is 292. The summed E-state index contributed by atoms with van der Waals surface area (Å²) in [4.78, 5) is 3.93. The fourth-order valence-corrected chi connectivity index (χ4v) is 1.49. The maximum absolute atomic E-state index is 9.47. The highest BCUT2D eigenvalue weighted by Gasteiger charge is 2.28. The van der Waals surface area contributed by atoms with Crippen LogP contribution >= 0.6 is 0 Å². The Balaban J connectivity index is 2.40.